The average Bonchev–Trinajstić information content (AvgIpc) is 2.27. The van der Waals surface area contributed by atoms with E-state index in [1.54, 1.807) is 13.0 Å². The van der Waals surface area contributed by atoms with Crippen molar-refractivity contribution in [2.75, 3.05) is 5.32 Å². The number of rotatable bonds is 2. The van der Waals surface area contributed by atoms with Gasteiger partial charge in [-0.15, -0.1) is 0 Å². The summed E-state index contributed by atoms with van der Waals surface area (Å²) in [5, 5.41) is 2.66. The number of nitrogens with one attached hydrogen (secondary N) is 1. The molecule has 0 saturated heterocycles. The van der Waals surface area contributed by atoms with Gasteiger partial charge in [-0.25, -0.2) is 14.4 Å². The summed E-state index contributed by atoms with van der Waals surface area (Å²) in [6, 6.07) is 5.55. The van der Waals surface area contributed by atoms with Crippen molar-refractivity contribution in [3.05, 3.63) is 52.6 Å². The van der Waals surface area contributed by atoms with Crippen LogP contribution >= 0.6 is 11.6 Å². The van der Waals surface area contributed by atoms with Gasteiger partial charge in [-0.1, -0.05) is 11.6 Å². The third kappa shape index (κ3) is 3.01. The lowest BCUT2D eigenvalue weighted by Gasteiger charge is -2.04. The molecule has 1 heterocycles. The number of benzene rings is 1. The highest BCUT2D eigenvalue weighted by Crippen LogP contribution is 2.11. The van der Waals surface area contributed by atoms with Gasteiger partial charge in [0.2, 0.25) is 5.95 Å². The third-order valence-electron chi connectivity index (χ3n) is 2.15. The van der Waals surface area contributed by atoms with Gasteiger partial charge in [-0.3, -0.25) is 10.1 Å². The van der Waals surface area contributed by atoms with E-state index >= 15 is 0 Å². The van der Waals surface area contributed by atoms with Crippen LogP contribution in [0, 0.1) is 12.7 Å². The van der Waals surface area contributed by atoms with Crippen molar-refractivity contribution in [1.82, 2.24) is 9.97 Å². The van der Waals surface area contributed by atoms with Gasteiger partial charge < -0.3 is 0 Å². The average molecular weight is 266 g/mol. The molecule has 0 unspecified atom stereocenters. The Morgan fingerprint density at radius 1 is 1.39 bits per heavy atom. The van der Waals surface area contributed by atoms with Crippen molar-refractivity contribution in [2.45, 2.75) is 6.92 Å². The van der Waals surface area contributed by atoms with Gasteiger partial charge in [0.15, 0.2) is 0 Å². The maximum atomic E-state index is 13.2. The molecule has 1 amide bonds. The highest BCUT2D eigenvalue weighted by atomic mass is 35.5. The molecule has 0 aliphatic heterocycles. The zero-order chi connectivity index (χ0) is 13.1. The fourth-order valence-corrected chi connectivity index (χ4v) is 1.57. The van der Waals surface area contributed by atoms with Crippen molar-refractivity contribution in [1.29, 1.82) is 0 Å². The molecule has 6 heteroatoms. The predicted octanol–water partition coefficient (Wildman–Crippen LogP) is 2.83. The quantitative estimate of drug-likeness (QED) is 0.850. The molecule has 1 aromatic carbocycles. The monoisotopic (exact) mass is 265 g/mol. The second-order valence-corrected chi connectivity index (χ2v) is 4.06. The number of hydrogen-bond acceptors (Lipinski definition) is 3. The topological polar surface area (TPSA) is 54.9 Å². The molecule has 18 heavy (non-hydrogen) atoms. The molecule has 92 valence electrons. The van der Waals surface area contributed by atoms with E-state index in [1.165, 1.54) is 18.3 Å². The van der Waals surface area contributed by atoms with Gasteiger partial charge in [0.25, 0.3) is 5.91 Å². The lowest BCUT2D eigenvalue weighted by Crippen LogP contribution is -2.14. The molecule has 0 aliphatic carbocycles. The zero-order valence-electron chi connectivity index (χ0n) is 9.45. The minimum absolute atomic E-state index is 0.0782. The van der Waals surface area contributed by atoms with Crippen molar-refractivity contribution in [3.8, 4) is 0 Å². The second kappa shape index (κ2) is 5.10. The normalized spacial score (nSPS) is 10.2. The van der Waals surface area contributed by atoms with Crippen LogP contribution in [0.1, 0.15) is 15.9 Å². The van der Waals surface area contributed by atoms with Gasteiger partial charge in [0.1, 0.15) is 11.0 Å². The van der Waals surface area contributed by atoms with E-state index in [0.29, 0.717) is 5.56 Å². The van der Waals surface area contributed by atoms with Crippen LogP contribution in [0.15, 0.2) is 30.5 Å². The van der Waals surface area contributed by atoms with Crippen LogP contribution in [0.3, 0.4) is 0 Å². The van der Waals surface area contributed by atoms with Gasteiger partial charge in [-0.2, -0.15) is 0 Å². The van der Waals surface area contributed by atoms with Crippen LogP contribution in [0.5, 0.6) is 0 Å². The molecular weight excluding hydrogens is 257 g/mol. The first kappa shape index (κ1) is 12.4. The molecule has 1 N–H and O–H groups in total. The predicted molar refractivity (Wildman–Crippen MR) is 66.1 cm³/mol. The maximum absolute atomic E-state index is 13.2. The molecule has 0 spiro atoms. The van der Waals surface area contributed by atoms with Crippen LogP contribution < -0.4 is 5.32 Å². The van der Waals surface area contributed by atoms with Crippen LogP contribution in [0.25, 0.3) is 0 Å². The smallest absolute Gasteiger partial charge is 0.258 e. The third-order valence-corrected chi connectivity index (χ3v) is 2.36. The Labute approximate surface area is 108 Å². The minimum Gasteiger partial charge on any atom is -0.290 e. The van der Waals surface area contributed by atoms with Crippen molar-refractivity contribution in [2.24, 2.45) is 0 Å². The Hall–Kier alpha value is -2.01. The number of carbonyl (C=O) groups is 1. The standard InChI is InChI=1S/C12H9ClFN3O/c1-7-4-8(6-9(14)5-7)11(18)17-12-15-3-2-10(13)16-12/h2-6H,1H3,(H,15,16,17,18). The Morgan fingerprint density at radius 2 is 2.17 bits per heavy atom. The Bertz CT molecular complexity index is 583. The van der Waals surface area contributed by atoms with Gasteiger partial charge in [-0.05, 0) is 36.8 Å². The van der Waals surface area contributed by atoms with Gasteiger partial charge >= 0.3 is 0 Å². The Morgan fingerprint density at radius 3 is 2.83 bits per heavy atom. The number of anilines is 1. The van der Waals surface area contributed by atoms with E-state index in [0.717, 1.165) is 6.07 Å². The van der Waals surface area contributed by atoms with E-state index in [9.17, 15) is 9.18 Å². The number of aromatic nitrogens is 2. The summed E-state index contributed by atoms with van der Waals surface area (Å²) in [4.78, 5) is 19.5. The molecule has 0 atom stereocenters. The molecule has 0 aliphatic rings. The molecule has 0 radical (unpaired) electrons. The summed E-state index contributed by atoms with van der Waals surface area (Å²) in [6.45, 7) is 1.70. The number of hydrogen-bond donors (Lipinski definition) is 1. The highest BCUT2D eigenvalue weighted by Gasteiger charge is 2.09. The maximum Gasteiger partial charge on any atom is 0.258 e. The van der Waals surface area contributed by atoms with Crippen molar-refractivity contribution < 1.29 is 9.18 Å². The van der Waals surface area contributed by atoms with Crippen molar-refractivity contribution >= 4 is 23.5 Å². The van der Waals surface area contributed by atoms with Gasteiger partial charge in [0.05, 0.1) is 0 Å². The number of aryl methyl sites for hydroxylation is 1. The molecule has 0 fully saturated rings. The van der Waals surface area contributed by atoms with Crippen LogP contribution in [-0.2, 0) is 0 Å². The molecule has 2 aromatic rings. The van der Waals surface area contributed by atoms with Gasteiger partial charge in [0, 0.05) is 11.8 Å². The minimum atomic E-state index is -0.486. The molecule has 4 nitrogen and oxygen atoms in total. The van der Waals surface area contributed by atoms with Crippen LogP contribution in [0.2, 0.25) is 5.15 Å². The molecule has 0 bridgehead atoms. The first-order valence-corrected chi connectivity index (χ1v) is 5.49. The fraction of sp³-hybridized carbons (Fsp3) is 0.0833. The summed E-state index contributed by atoms with van der Waals surface area (Å²) in [7, 11) is 0. The molecular formula is C12H9ClFN3O. The zero-order valence-corrected chi connectivity index (χ0v) is 10.2. The summed E-state index contributed by atoms with van der Waals surface area (Å²) in [5.41, 5.74) is 0.864. The molecule has 2 rings (SSSR count). The second-order valence-electron chi connectivity index (χ2n) is 3.67. The lowest BCUT2D eigenvalue weighted by atomic mass is 10.1. The summed E-state index contributed by atoms with van der Waals surface area (Å²) in [6.07, 6.45) is 1.42. The largest absolute Gasteiger partial charge is 0.290 e. The molecule has 0 saturated carbocycles. The van der Waals surface area contributed by atoms with E-state index in [-0.39, 0.29) is 16.7 Å². The number of nitrogens with zero attached hydrogens (tertiary/aromatic N) is 2. The lowest BCUT2D eigenvalue weighted by molar-refractivity contribution is 0.102. The van der Waals surface area contributed by atoms with E-state index in [4.69, 9.17) is 11.6 Å². The SMILES string of the molecule is Cc1cc(F)cc(C(=O)Nc2nccc(Cl)n2)c1. The summed E-state index contributed by atoms with van der Waals surface area (Å²) in [5.74, 6) is -0.874. The molecule has 1 aromatic heterocycles. The number of amides is 1. The van der Waals surface area contributed by atoms with E-state index < -0.39 is 11.7 Å². The van der Waals surface area contributed by atoms with Crippen LogP contribution in [-0.4, -0.2) is 15.9 Å². The number of halogens is 2. The summed E-state index contributed by atoms with van der Waals surface area (Å²) < 4.78 is 13.2. The number of carbonyl (C=O) groups excluding carboxylic acids is 1. The van der Waals surface area contributed by atoms with Crippen LogP contribution in [0.4, 0.5) is 10.3 Å². The van der Waals surface area contributed by atoms with E-state index in [1.807, 2.05) is 0 Å². The highest BCUT2D eigenvalue weighted by molar-refractivity contribution is 6.29. The van der Waals surface area contributed by atoms with E-state index in [2.05, 4.69) is 15.3 Å². The first-order chi connectivity index (χ1) is 8.54. The Kier molecular flexibility index (Phi) is 3.53. The summed E-state index contributed by atoms with van der Waals surface area (Å²) >= 11 is 5.66. The fourth-order valence-electron chi connectivity index (χ4n) is 1.44. The Balaban J connectivity index is 2.22. The first-order valence-electron chi connectivity index (χ1n) is 5.12. The van der Waals surface area contributed by atoms with Crippen molar-refractivity contribution in [3.63, 3.8) is 0 Å².